The maximum absolute atomic E-state index is 4.06. The lowest BCUT2D eigenvalue weighted by Crippen LogP contribution is -1.98. The summed E-state index contributed by atoms with van der Waals surface area (Å²) in [6, 6.07) is 0. The maximum atomic E-state index is 4.06. The molecule has 1 atom stereocenters. The van der Waals surface area contributed by atoms with Crippen LogP contribution in [0.2, 0.25) is 0 Å². The van der Waals surface area contributed by atoms with E-state index in [0.29, 0.717) is 0 Å². The molecular formula is C17H35. The van der Waals surface area contributed by atoms with Crippen molar-refractivity contribution >= 4 is 0 Å². The Hall–Kier alpha value is 0. The summed E-state index contributed by atoms with van der Waals surface area (Å²) in [5.41, 5.74) is 0. The van der Waals surface area contributed by atoms with Crippen molar-refractivity contribution in [2.45, 2.75) is 97.3 Å². The highest BCUT2D eigenvalue weighted by molar-refractivity contribution is 4.60. The Balaban J connectivity index is 3.11. The average Bonchev–Trinajstić information content (AvgIpc) is 2.35. The van der Waals surface area contributed by atoms with Crippen LogP contribution in [0.15, 0.2) is 0 Å². The van der Waals surface area contributed by atoms with Gasteiger partial charge in [0.05, 0.1) is 0 Å². The standard InChI is InChI=1S/C17H35/c1-4-7-8-9-10-11-12-13-14-16-17(6-3)15-5-2/h17H,3-16H2,1-2H3. The van der Waals surface area contributed by atoms with Gasteiger partial charge in [-0.15, -0.1) is 0 Å². The number of hydrogen-bond donors (Lipinski definition) is 0. The Bertz CT molecular complexity index is 128. The first-order valence-corrected chi connectivity index (χ1v) is 8.14. The van der Waals surface area contributed by atoms with E-state index >= 15 is 0 Å². The van der Waals surface area contributed by atoms with Crippen molar-refractivity contribution < 1.29 is 0 Å². The van der Waals surface area contributed by atoms with Crippen LogP contribution in [-0.4, -0.2) is 0 Å². The van der Waals surface area contributed by atoms with Gasteiger partial charge in [0.15, 0.2) is 0 Å². The van der Waals surface area contributed by atoms with Gasteiger partial charge in [-0.05, 0) is 5.92 Å². The molecule has 103 valence electrons. The second-order valence-corrected chi connectivity index (χ2v) is 5.56. The Morgan fingerprint density at radius 2 is 1.18 bits per heavy atom. The van der Waals surface area contributed by atoms with Crippen LogP contribution in [0.25, 0.3) is 0 Å². The first-order valence-electron chi connectivity index (χ1n) is 8.14. The molecule has 0 N–H and O–H groups in total. The lowest BCUT2D eigenvalue weighted by atomic mass is 9.94. The van der Waals surface area contributed by atoms with E-state index in [-0.39, 0.29) is 0 Å². The number of unbranched alkanes of at least 4 members (excludes halogenated alkanes) is 8. The van der Waals surface area contributed by atoms with Crippen LogP contribution >= 0.6 is 0 Å². The molecule has 0 aromatic rings. The van der Waals surface area contributed by atoms with Crippen LogP contribution in [0, 0.1) is 12.8 Å². The molecule has 0 saturated heterocycles. The van der Waals surface area contributed by atoms with E-state index in [2.05, 4.69) is 20.8 Å². The third kappa shape index (κ3) is 12.2. The topological polar surface area (TPSA) is 0 Å². The van der Waals surface area contributed by atoms with Gasteiger partial charge in [-0.1, -0.05) is 104 Å². The summed E-state index contributed by atoms with van der Waals surface area (Å²) in [5, 5.41) is 0. The van der Waals surface area contributed by atoms with Crippen molar-refractivity contribution in [3.05, 3.63) is 6.92 Å². The second-order valence-electron chi connectivity index (χ2n) is 5.56. The summed E-state index contributed by atoms with van der Waals surface area (Å²) in [6.45, 7) is 8.64. The number of hydrogen-bond acceptors (Lipinski definition) is 0. The van der Waals surface area contributed by atoms with Crippen molar-refractivity contribution in [1.29, 1.82) is 0 Å². The summed E-state index contributed by atoms with van der Waals surface area (Å²) in [6.07, 6.45) is 18.3. The minimum absolute atomic E-state index is 0.907. The molecule has 1 radical (unpaired) electrons. The molecule has 0 aliphatic rings. The van der Waals surface area contributed by atoms with Crippen molar-refractivity contribution in [3.8, 4) is 0 Å². The molecule has 0 heterocycles. The van der Waals surface area contributed by atoms with Crippen molar-refractivity contribution in [3.63, 3.8) is 0 Å². The predicted octanol–water partition coefficient (Wildman–Crippen LogP) is 6.55. The largest absolute Gasteiger partial charge is 0.0654 e. The fraction of sp³-hybridized carbons (Fsp3) is 0.941. The fourth-order valence-electron chi connectivity index (χ4n) is 2.58. The quantitative estimate of drug-likeness (QED) is 0.320. The molecule has 0 aliphatic carbocycles. The Morgan fingerprint density at radius 1 is 0.647 bits per heavy atom. The Kier molecular flexibility index (Phi) is 14.1. The van der Waals surface area contributed by atoms with Crippen LogP contribution in [0.3, 0.4) is 0 Å². The highest BCUT2D eigenvalue weighted by Gasteiger charge is 2.03. The van der Waals surface area contributed by atoms with Crippen molar-refractivity contribution in [2.24, 2.45) is 5.92 Å². The molecule has 0 rings (SSSR count). The summed E-state index contributed by atoms with van der Waals surface area (Å²) >= 11 is 0. The lowest BCUT2D eigenvalue weighted by Gasteiger charge is -2.12. The molecule has 17 heavy (non-hydrogen) atoms. The van der Waals surface area contributed by atoms with E-state index in [1.807, 2.05) is 0 Å². The van der Waals surface area contributed by atoms with Crippen molar-refractivity contribution in [2.75, 3.05) is 0 Å². The van der Waals surface area contributed by atoms with E-state index in [0.717, 1.165) is 12.3 Å². The van der Waals surface area contributed by atoms with Gasteiger partial charge < -0.3 is 0 Å². The molecule has 1 unspecified atom stereocenters. The summed E-state index contributed by atoms with van der Waals surface area (Å²) in [5.74, 6) is 0.907. The molecular weight excluding hydrogens is 204 g/mol. The lowest BCUT2D eigenvalue weighted by molar-refractivity contribution is 0.421. The average molecular weight is 239 g/mol. The zero-order valence-corrected chi connectivity index (χ0v) is 12.5. The van der Waals surface area contributed by atoms with Crippen LogP contribution in [0.5, 0.6) is 0 Å². The van der Waals surface area contributed by atoms with Crippen LogP contribution < -0.4 is 0 Å². The van der Waals surface area contributed by atoms with E-state index in [1.54, 1.807) is 0 Å². The van der Waals surface area contributed by atoms with E-state index in [1.165, 1.54) is 77.0 Å². The van der Waals surface area contributed by atoms with Gasteiger partial charge in [0.1, 0.15) is 0 Å². The van der Waals surface area contributed by atoms with Crippen LogP contribution in [-0.2, 0) is 0 Å². The summed E-state index contributed by atoms with van der Waals surface area (Å²) in [7, 11) is 0. The normalized spacial score (nSPS) is 12.9. The van der Waals surface area contributed by atoms with Crippen molar-refractivity contribution in [1.82, 2.24) is 0 Å². The van der Waals surface area contributed by atoms with Gasteiger partial charge in [-0.25, -0.2) is 0 Å². The molecule has 0 aromatic heterocycles. The van der Waals surface area contributed by atoms with E-state index < -0.39 is 0 Å². The first-order chi connectivity index (χ1) is 8.35. The SMILES string of the molecule is [CH2]CC(CCC)CCCCCCCCCCC. The summed E-state index contributed by atoms with van der Waals surface area (Å²) in [4.78, 5) is 0. The molecule has 0 saturated carbocycles. The first kappa shape index (κ1) is 17.0. The molecule has 0 fully saturated rings. The molecule has 0 bridgehead atoms. The summed E-state index contributed by atoms with van der Waals surface area (Å²) < 4.78 is 0. The maximum Gasteiger partial charge on any atom is -0.0414 e. The molecule has 0 nitrogen and oxygen atoms in total. The predicted molar refractivity (Wildman–Crippen MR) is 80.2 cm³/mol. The smallest absolute Gasteiger partial charge is 0.0414 e. The number of rotatable bonds is 13. The second kappa shape index (κ2) is 14.1. The molecule has 0 aliphatic heterocycles. The van der Waals surface area contributed by atoms with Gasteiger partial charge in [0, 0.05) is 0 Å². The van der Waals surface area contributed by atoms with E-state index in [4.69, 9.17) is 0 Å². The minimum atomic E-state index is 0.907. The molecule has 0 spiro atoms. The van der Waals surface area contributed by atoms with Crippen LogP contribution in [0.4, 0.5) is 0 Å². The Labute approximate surface area is 111 Å². The van der Waals surface area contributed by atoms with Gasteiger partial charge >= 0.3 is 0 Å². The van der Waals surface area contributed by atoms with Gasteiger partial charge in [0.25, 0.3) is 0 Å². The van der Waals surface area contributed by atoms with Gasteiger partial charge in [-0.2, -0.15) is 0 Å². The Morgan fingerprint density at radius 3 is 1.65 bits per heavy atom. The third-order valence-corrected chi connectivity index (χ3v) is 3.82. The van der Waals surface area contributed by atoms with E-state index in [9.17, 15) is 0 Å². The highest BCUT2D eigenvalue weighted by atomic mass is 14.1. The molecule has 0 amide bonds. The molecule has 0 aromatic carbocycles. The molecule has 0 heteroatoms. The fourth-order valence-corrected chi connectivity index (χ4v) is 2.58. The zero-order valence-electron chi connectivity index (χ0n) is 12.5. The van der Waals surface area contributed by atoms with Crippen LogP contribution in [0.1, 0.15) is 97.3 Å². The zero-order chi connectivity index (χ0) is 12.8. The monoisotopic (exact) mass is 239 g/mol. The van der Waals surface area contributed by atoms with Gasteiger partial charge in [0.2, 0.25) is 0 Å². The van der Waals surface area contributed by atoms with Gasteiger partial charge in [-0.3, -0.25) is 0 Å². The minimum Gasteiger partial charge on any atom is -0.0654 e. The highest BCUT2D eigenvalue weighted by Crippen LogP contribution is 2.19. The third-order valence-electron chi connectivity index (χ3n) is 3.82.